The number of nitrogens with one attached hydrogen (secondary N) is 1. The van der Waals surface area contributed by atoms with E-state index in [1.165, 1.54) is 12.3 Å². The highest BCUT2D eigenvalue weighted by Crippen LogP contribution is 2.29. The molecule has 1 aromatic heterocycles. The third kappa shape index (κ3) is 4.65. The predicted molar refractivity (Wildman–Crippen MR) is 124 cm³/mol. The highest BCUT2D eigenvalue weighted by atomic mass is 35.5. The van der Waals surface area contributed by atoms with E-state index in [2.05, 4.69) is 20.5 Å². The minimum atomic E-state index is -0.0358. The molecule has 0 amide bonds. The number of nitrogens with zero attached hydrogens (tertiary/aromatic N) is 3. The number of anilines is 1. The normalized spacial score (nSPS) is 11.0. The number of rotatable bonds is 5. The van der Waals surface area contributed by atoms with Crippen LogP contribution in [-0.4, -0.2) is 26.4 Å². The van der Waals surface area contributed by atoms with Gasteiger partial charge in [-0.15, -0.1) is 0 Å². The van der Waals surface area contributed by atoms with E-state index in [0.29, 0.717) is 27.8 Å². The second-order valence-corrected chi connectivity index (χ2v) is 7.29. The number of benzene rings is 3. The number of hydrazone groups is 1. The minimum absolute atomic E-state index is 0.0223. The summed E-state index contributed by atoms with van der Waals surface area (Å²) in [5.74, 6) is 0.290. The van der Waals surface area contributed by atoms with Gasteiger partial charge in [-0.2, -0.15) is 5.10 Å². The van der Waals surface area contributed by atoms with Gasteiger partial charge in [0, 0.05) is 27.3 Å². The van der Waals surface area contributed by atoms with E-state index in [9.17, 15) is 10.2 Å². The molecule has 3 aromatic carbocycles. The molecule has 0 saturated carbocycles. The van der Waals surface area contributed by atoms with Gasteiger partial charge in [-0.3, -0.25) is 0 Å². The summed E-state index contributed by atoms with van der Waals surface area (Å²) in [6.45, 7) is 1.63. The Morgan fingerprint density at radius 1 is 0.871 bits per heavy atom. The van der Waals surface area contributed by atoms with Crippen molar-refractivity contribution >= 4 is 23.8 Å². The molecular formula is C24H19ClN4O2. The SMILES string of the molecule is Cc1c(O)ccc(C=NNc2nc(-c3ccccc3)cc(-c3ccc(Cl)cc3)n2)c1O. The lowest BCUT2D eigenvalue weighted by molar-refractivity contribution is 0.442. The van der Waals surface area contributed by atoms with Gasteiger partial charge in [-0.1, -0.05) is 54.1 Å². The van der Waals surface area contributed by atoms with Crippen molar-refractivity contribution in [3.05, 3.63) is 88.9 Å². The molecule has 4 rings (SSSR count). The van der Waals surface area contributed by atoms with Gasteiger partial charge >= 0.3 is 0 Å². The van der Waals surface area contributed by atoms with Crippen LogP contribution in [0.3, 0.4) is 0 Å². The molecule has 0 spiro atoms. The second-order valence-electron chi connectivity index (χ2n) is 6.85. The number of aromatic nitrogens is 2. The van der Waals surface area contributed by atoms with Crippen LogP contribution in [0.4, 0.5) is 5.95 Å². The molecule has 0 atom stereocenters. The molecule has 154 valence electrons. The first-order chi connectivity index (χ1) is 15.0. The lowest BCUT2D eigenvalue weighted by Gasteiger charge is -2.09. The Labute approximate surface area is 184 Å². The molecule has 0 unspecified atom stereocenters. The Hall–Kier alpha value is -3.90. The average Bonchev–Trinajstić information content (AvgIpc) is 2.80. The maximum Gasteiger partial charge on any atom is 0.244 e. The molecule has 0 aliphatic carbocycles. The quantitative estimate of drug-likeness (QED) is 0.282. The highest BCUT2D eigenvalue weighted by Gasteiger charge is 2.09. The first kappa shape index (κ1) is 20.4. The maximum absolute atomic E-state index is 10.2. The van der Waals surface area contributed by atoms with Crippen LogP contribution in [0.15, 0.2) is 77.9 Å². The minimum Gasteiger partial charge on any atom is -0.508 e. The van der Waals surface area contributed by atoms with Gasteiger partial charge in [0.05, 0.1) is 17.6 Å². The lowest BCUT2D eigenvalue weighted by atomic mass is 10.1. The Bertz CT molecular complexity index is 1240. The zero-order chi connectivity index (χ0) is 21.8. The summed E-state index contributed by atoms with van der Waals surface area (Å²) in [6.07, 6.45) is 1.45. The molecule has 0 bridgehead atoms. The largest absolute Gasteiger partial charge is 0.508 e. The van der Waals surface area contributed by atoms with Crippen molar-refractivity contribution in [3.63, 3.8) is 0 Å². The van der Waals surface area contributed by atoms with E-state index < -0.39 is 0 Å². The molecular weight excluding hydrogens is 412 g/mol. The standard InChI is InChI=1S/C24H19ClN4O2/c1-15-22(30)12-9-18(23(15)31)14-26-29-24-27-20(16-5-3-2-4-6-16)13-21(28-24)17-7-10-19(25)11-8-17/h2-14,30-31H,1H3,(H,27,28,29). The summed E-state index contributed by atoms with van der Waals surface area (Å²) in [6, 6.07) is 22.2. The van der Waals surface area contributed by atoms with Crippen LogP contribution >= 0.6 is 11.6 Å². The van der Waals surface area contributed by atoms with Gasteiger partial charge in [0.1, 0.15) is 11.5 Å². The summed E-state index contributed by atoms with van der Waals surface area (Å²) < 4.78 is 0. The number of hydrogen-bond acceptors (Lipinski definition) is 6. The Kier molecular flexibility index (Phi) is 5.82. The third-order valence-electron chi connectivity index (χ3n) is 4.74. The topological polar surface area (TPSA) is 90.6 Å². The Balaban J connectivity index is 1.69. The van der Waals surface area contributed by atoms with Crippen molar-refractivity contribution in [1.82, 2.24) is 9.97 Å². The zero-order valence-electron chi connectivity index (χ0n) is 16.6. The van der Waals surface area contributed by atoms with Crippen LogP contribution in [0.25, 0.3) is 22.5 Å². The monoisotopic (exact) mass is 430 g/mol. The molecule has 4 aromatic rings. The molecule has 1 heterocycles. The lowest BCUT2D eigenvalue weighted by Crippen LogP contribution is -2.00. The summed E-state index contributed by atoms with van der Waals surface area (Å²) in [7, 11) is 0. The zero-order valence-corrected chi connectivity index (χ0v) is 17.4. The van der Waals surface area contributed by atoms with Crippen molar-refractivity contribution < 1.29 is 10.2 Å². The van der Waals surface area contributed by atoms with E-state index in [1.54, 1.807) is 13.0 Å². The Morgan fingerprint density at radius 3 is 2.19 bits per heavy atom. The van der Waals surface area contributed by atoms with E-state index in [-0.39, 0.29) is 11.5 Å². The number of halogens is 1. The van der Waals surface area contributed by atoms with Crippen LogP contribution in [0.5, 0.6) is 11.5 Å². The smallest absolute Gasteiger partial charge is 0.244 e. The van der Waals surface area contributed by atoms with Crippen LogP contribution in [0.2, 0.25) is 5.02 Å². The van der Waals surface area contributed by atoms with Crippen molar-refractivity contribution in [2.24, 2.45) is 5.10 Å². The van der Waals surface area contributed by atoms with E-state index in [0.717, 1.165) is 16.8 Å². The molecule has 0 saturated heterocycles. The van der Waals surface area contributed by atoms with E-state index in [4.69, 9.17) is 11.6 Å². The third-order valence-corrected chi connectivity index (χ3v) is 4.99. The molecule has 6 nitrogen and oxygen atoms in total. The fourth-order valence-corrected chi connectivity index (χ4v) is 3.12. The van der Waals surface area contributed by atoms with Crippen molar-refractivity contribution in [3.8, 4) is 34.0 Å². The van der Waals surface area contributed by atoms with Gasteiger partial charge in [-0.05, 0) is 37.3 Å². The van der Waals surface area contributed by atoms with Gasteiger partial charge in [0.2, 0.25) is 5.95 Å². The average molecular weight is 431 g/mol. The number of hydrogen-bond donors (Lipinski definition) is 3. The molecule has 0 radical (unpaired) electrons. The summed E-state index contributed by atoms with van der Waals surface area (Å²) in [4.78, 5) is 9.13. The van der Waals surface area contributed by atoms with Crippen LogP contribution in [0.1, 0.15) is 11.1 Å². The van der Waals surface area contributed by atoms with Crippen LogP contribution in [-0.2, 0) is 0 Å². The number of phenolic OH excluding ortho intramolecular Hbond substituents is 2. The van der Waals surface area contributed by atoms with Gasteiger partial charge in [0.15, 0.2) is 0 Å². The fraction of sp³-hybridized carbons (Fsp3) is 0.0417. The number of phenols is 2. The first-order valence-corrected chi connectivity index (χ1v) is 9.90. The molecule has 3 N–H and O–H groups in total. The number of aromatic hydroxyl groups is 2. The highest BCUT2D eigenvalue weighted by molar-refractivity contribution is 6.30. The van der Waals surface area contributed by atoms with Crippen molar-refractivity contribution in [2.45, 2.75) is 6.92 Å². The van der Waals surface area contributed by atoms with E-state index in [1.807, 2.05) is 60.7 Å². The van der Waals surface area contributed by atoms with Gasteiger partial charge in [-0.25, -0.2) is 15.4 Å². The molecule has 31 heavy (non-hydrogen) atoms. The van der Waals surface area contributed by atoms with Crippen LogP contribution in [0, 0.1) is 6.92 Å². The maximum atomic E-state index is 10.2. The first-order valence-electron chi connectivity index (χ1n) is 9.52. The Morgan fingerprint density at radius 2 is 1.52 bits per heavy atom. The molecule has 0 aliphatic heterocycles. The van der Waals surface area contributed by atoms with Crippen LogP contribution < -0.4 is 5.43 Å². The molecule has 7 heteroatoms. The molecule has 0 fully saturated rings. The predicted octanol–water partition coefficient (Wildman–Crippen LogP) is 5.63. The summed E-state index contributed by atoms with van der Waals surface area (Å²) in [5.41, 5.74) is 6.96. The van der Waals surface area contributed by atoms with E-state index >= 15 is 0 Å². The van der Waals surface area contributed by atoms with Crippen molar-refractivity contribution in [1.29, 1.82) is 0 Å². The molecule has 0 aliphatic rings. The summed E-state index contributed by atoms with van der Waals surface area (Å²) >= 11 is 6.02. The van der Waals surface area contributed by atoms with Gasteiger partial charge in [0.25, 0.3) is 0 Å². The second kappa shape index (κ2) is 8.85. The van der Waals surface area contributed by atoms with Gasteiger partial charge < -0.3 is 10.2 Å². The fourth-order valence-electron chi connectivity index (χ4n) is 3.00. The summed E-state index contributed by atoms with van der Waals surface area (Å²) in [5, 5.41) is 24.6. The van der Waals surface area contributed by atoms with Crippen molar-refractivity contribution in [2.75, 3.05) is 5.43 Å².